The summed E-state index contributed by atoms with van der Waals surface area (Å²) >= 11 is 0. The standard InChI is InChI=1S/C25H24N8O/c1-17-7-8-18(14-27-17)21-13-23(29-19-5-4-11-32(16-19)24(34)9-10-26)31-25(30-21)20-15-28-33-12-3-2-6-22(20)33/h2-3,6-8,12-15,19H,4-5,9,11,16H2,1H3,(H,29,30,31)/t19-/m1/s1. The second-order valence-corrected chi connectivity index (χ2v) is 8.40. The maximum absolute atomic E-state index is 12.2. The number of anilines is 1. The van der Waals surface area contributed by atoms with E-state index in [-0.39, 0.29) is 18.4 Å². The van der Waals surface area contributed by atoms with Crippen LogP contribution < -0.4 is 5.32 Å². The molecule has 9 heteroatoms. The Hall–Kier alpha value is -4.32. The molecule has 1 aliphatic heterocycles. The number of likely N-dealkylation sites (tertiary alicyclic amines) is 1. The second-order valence-electron chi connectivity index (χ2n) is 8.40. The molecule has 0 aromatic carbocycles. The Kier molecular flexibility index (Phi) is 5.87. The van der Waals surface area contributed by atoms with Gasteiger partial charge < -0.3 is 10.2 Å². The van der Waals surface area contributed by atoms with E-state index < -0.39 is 0 Å². The predicted molar refractivity (Wildman–Crippen MR) is 128 cm³/mol. The number of hydrogen-bond donors (Lipinski definition) is 1. The Balaban J connectivity index is 1.51. The van der Waals surface area contributed by atoms with Gasteiger partial charge in [-0.25, -0.2) is 14.5 Å². The minimum atomic E-state index is -0.129. The SMILES string of the molecule is Cc1ccc(-c2cc(N[C@@H]3CCCN(C(=O)CC#N)C3)nc(-c3cnn4ccccc34)n2)cn1. The van der Waals surface area contributed by atoms with Crippen molar-refractivity contribution in [3.63, 3.8) is 0 Å². The van der Waals surface area contributed by atoms with Gasteiger partial charge in [0.1, 0.15) is 12.2 Å². The van der Waals surface area contributed by atoms with Gasteiger partial charge >= 0.3 is 0 Å². The summed E-state index contributed by atoms with van der Waals surface area (Å²) in [5, 5.41) is 16.8. The van der Waals surface area contributed by atoms with Crippen molar-refractivity contribution < 1.29 is 4.79 Å². The largest absolute Gasteiger partial charge is 0.365 e. The summed E-state index contributed by atoms with van der Waals surface area (Å²) in [5.74, 6) is 1.11. The van der Waals surface area contributed by atoms with Crippen LogP contribution in [0, 0.1) is 18.3 Å². The molecule has 5 rings (SSSR count). The van der Waals surface area contributed by atoms with Gasteiger partial charge in [0.2, 0.25) is 5.91 Å². The molecule has 0 aliphatic carbocycles. The number of hydrogen-bond acceptors (Lipinski definition) is 7. The first-order chi connectivity index (χ1) is 16.6. The lowest BCUT2D eigenvalue weighted by Crippen LogP contribution is -2.45. The smallest absolute Gasteiger partial charge is 0.236 e. The summed E-state index contributed by atoms with van der Waals surface area (Å²) in [7, 11) is 0. The highest BCUT2D eigenvalue weighted by atomic mass is 16.2. The number of fused-ring (bicyclic) bond motifs is 1. The molecule has 5 heterocycles. The number of carbonyl (C=O) groups is 1. The fourth-order valence-electron chi connectivity index (χ4n) is 4.23. The van der Waals surface area contributed by atoms with Crippen LogP contribution in [0.2, 0.25) is 0 Å². The van der Waals surface area contributed by atoms with Gasteiger partial charge in [-0.15, -0.1) is 0 Å². The van der Waals surface area contributed by atoms with Crippen LogP contribution in [0.15, 0.2) is 55.0 Å². The van der Waals surface area contributed by atoms with Gasteiger partial charge in [0, 0.05) is 48.8 Å². The topological polar surface area (TPSA) is 112 Å². The third-order valence-corrected chi connectivity index (χ3v) is 5.96. The van der Waals surface area contributed by atoms with Crippen molar-refractivity contribution in [1.82, 2.24) is 29.5 Å². The summed E-state index contributed by atoms with van der Waals surface area (Å²) in [6.07, 6.45) is 7.16. The summed E-state index contributed by atoms with van der Waals surface area (Å²) in [4.78, 5) is 28.1. The Labute approximate surface area is 197 Å². The average molecular weight is 453 g/mol. The zero-order chi connectivity index (χ0) is 23.5. The third kappa shape index (κ3) is 4.43. The van der Waals surface area contributed by atoms with Gasteiger partial charge in [0.05, 0.1) is 29.0 Å². The van der Waals surface area contributed by atoms with Crippen molar-refractivity contribution in [2.24, 2.45) is 0 Å². The normalized spacial score (nSPS) is 15.8. The number of pyridine rings is 2. The molecule has 1 amide bonds. The van der Waals surface area contributed by atoms with Crippen molar-refractivity contribution in [3.8, 4) is 28.7 Å². The molecule has 9 nitrogen and oxygen atoms in total. The van der Waals surface area contributed by atoms with E-state index in [1.807, 2.05) is 61.8 Å². The van der Waals surface area contributed by atoms with Crippen LogP contribution in [-0.4, -0.2) is 54.5 Å². The van der Waals surface area contributed by atoms with Crippen LogP contribution in [-0.2, 0) is 4.79 Å². The molecule has 0 radical (unpaired) electrons. The van der Waals surface area contributed by atoms with Crippen molar-refractivity contribution in [1.29, 1.82) is 5.26 Å². The molecular weight excluding hydrogens is 428 g/mol. The number of nitrogens with one attached hydrogen (secondary N) is 1. The van der Waals surface area contributed by atoms with E-state index in [4.69, 9.17) is 15.2 Å². The molecule has 1 fully saturated rings. The number of aryl methyl sites for hydroxylation is 1. The van der Waals surface area contributed by atoms with E-state index in [0.29, 0.717) is 24.7 Å². The number of rotatable bonds is 5. The van der Waals surface area contributed by atoms with Crippen LogP contribution in [0.3, 0.4) is 0 Å². The van der Waals surface area contributed by atoms with Gasteiger partial charge in [-0.05, 0) is 44.0 Å². The quantitative estimate of drug-likeness (QED) is 0.493. The fourth-order valence-corrected chi connectivity index (χ4v) is 4.23. The van der Waals surface area contributed by atoms with Crippen molar-refractivity contribution in [3.05, 3.63) is 60.7 Å². The van der Waals surface area contributed by atoms with Crippen LogP contribution in [0.4, 0.5) is 5.82 Å². The lowest BCUT2D eigenvalue weighted by Gasteiger charge is -2.33. The minimum absolute atomic E-state index is 0.0343. The number of nitrogens with zero attached hydrogens (tertiary/aromatic N) is 7. The zero-order valence-corrected chi connectivity index (χ0v) is 18.8. The van der Waals surface area contributed by atoms with Crippen LogP contribution in [0.1, 0.15) is 25.0 Å². The molecule has 1 N–H and O–H groups in total. The van der Waals surface area contributed by atoms with Crippen LogP contribution in [0.25, 0.3) is 28.2 Å². The molecule has 0 spiro atoms. The molecule has 1 atom stereocenters. The molecule has 0 unspecified atom stereocenters. The number of nitriles is 1. The molecule has 170 valence electrons. The first kappa shape index (κ1) is 21.5. The summed E-state index contributed by atoms with van der Waals surface area (Å²) in [6, 6.07) is 13.7. The van der Waals surface area contributed by atoms with Crippen molar-refractivity contribution >= 4 is 17.2 Å². The summed E-state index contributed by atoms with van der Waals surface area (Å²) in [5.41, 5.74) is 4.33. The summed E-state index contributed by atoms with van der Waals surface area (Å²) in [6.45, 7) is 3.16. The Bertz CT molecular complexity index is 1370. The minimum Gasteiger partial charge on any atom is -0.365 e. The molecule has 4 aromatic rings. The van der Waals surface area contributed by atoms with Gasteiger partial charge in [-0.3, -0.25) is 9.78 Å². The van der Waals surface area contributed by atoms with Crippen molar-refractivity contribution in [2.75, 3.05) is 18.4 Å². The molecule has 4 aromatic heterocycles. The molecule has 1 saturated heterocycles. The predicted octanol–water partition coefficient (Wildman–Crippen LogP) is 3.48. The third-order valence-electron chi connectivity index (χ3n) is 5.96. The van der Waals surface area contributed by atoms with E-state index in [1.54, 1.807) is 15.6 Å². The lowest BCUT2D eigenvalue weighted by molar-refractivity contribution is -0.131. The van der Waals surface area contributed by atoms with Gasteiger partial charge in [-0.1, -0.05) is 6.07 Å². The highest BCUT2D eigenvalue weighted by Crippen LogP contribution is 2.27. The molecule has 34 heavy (non-hydrogen) atoms. The second kappa shape index (κ2) is 9.27. The van der Waals surface area contributed by atoms with E-state index >= 15 is 0 Å². The van der Waals surface area contributed by atoms with E-state index in [0.717, 1.165) is 40.9 Å². The molecule has 0 bridgehead atoms. The fraction of sp³-hybridized carbons (Fsp3) is 0.280. The number of carbonyl (C=O) groups excluding carboxylic acids is 1. The number of aromatic nitrogens is 5. The van der Waals surface area contributed by atoms with E-state index in [2.05, 4.69) is 15.4 Å². The summed E-state index contributed by atoms with van der Waals surface area (Å²) < 4.78 is 1.80. The first-order valence-corrected chi connectivity index (χ1v) is 11.3. The number of piperidine rings is 1. The van der Waals surface area contributed by atoms with Gasteiger partial charge in [0.15, 0.2) is 5.82 Å². The van der Waals surface area contributed by atoms with Crippen LogP contribution >= 0.6 is 0 Å². The Morgan fingerprint density at radius 1 is 1.24 bits per heavy atom. The maximum Gasteiger partial charge on any atom is 0.236 e. The number of amides is 1. The molecule has 0 saturated carbocycles. The lowest BCUT2D eigenvalue weighted by atomic mass is 10.1. The Morgan fingerprint density at radius 3 is 2.97 bits per heavy atom. The molecular formula is C25H24N8O. The first-order valence-electron chi connectivity index (χ1n) is 11.3. The van der Waals surface area contributed by atoms with Crippen LogP contribution in [0.5, 0.6) is 0 Å². The zero-order valence-electron chi connectivity index (χ0n) is 18.8. The highest BCUT2D eigenvalue weighted by Gasteiger charge is 2.24. The van der Waals surface area contributed by atoms with Gasteiger partial charge in [-0.2, -0.15) is 10.4 Å². The highest BCUT2D eigenvalue weighted by molar-refractivity contribution is 5.79. The maximum atomic E-state index is 12.2. The molecule has 1 aliphatic rings. The van der Waals surface area contributed by atoms with E-state index in [9.17, 15) is 4.79 Å². The monoisotopic (exact) mass is 452 g/mol. The Morgan fingerprint density at radius 2 is 2.15 bits per heavy atom. The van der Waals surface area contributed by atoms with E-state index in [1.165, 1.54) is 0 Å². The van der Waals surface area contributed by atoms with Crippen molar-refractivity contribution in [2.45, 2.75) is 32.2 Å². The van der Waals surface area contributed by atoms with Gasteiger partial charge in [0.25, 0.3) is 0 Å². The average Bonchev–Trinajstić information content (AvgIpc) is 3.29.